The van der Waals surface area contributed by atoms with Gasteiger partial charge in [0.25, 0.3) is 0 Å². The van der Waals surface area contributed by atoms with Crippen LogP contribution in [0.2, 0.25) is 0 Å². The van der Waals surface area contributed by atoms with E-state index in [0.29, 0.717) is 12.1 Å². The third-order valence-electron chi connectivity index (χ3n) is 2.91. The lowest BCUT2D eigenvalue weighted by molar-refractivity contribution is 0.1000. The summed E-state index contributed by atoms with van der Waals surface area (Å²) in [7, 11) is 0. The highest BCUT2D eigenvalue weighted by molar-refractivity contribution is 5.92. The van der Waals surface area contributed by atoms with E-state index < -0.39 is 11.7 Å². The SMILES string of the molecule is C[C@H](NCc1ccc(C(N)=O)cc1F)c1ccco1. The van der Waals surface area contributed by atoms with Gasteiger partial charge < -0.3 is 15.5 Å². The predicted octanol–water partition coefficient (Wildman–Crippen LogP) is 2.37. The third kappa shape index (κ3) is 3.20. The summed E-state index contributed by atoms with van der Waals surface area (Å²) in [5.74, 6) is -0.299. The Labute approximate surface area is 110 Å². The van der Waals surface area contributed by atoms with Crippen molar-refractivity contribution in [2.45, 2.75) is 19.5 Å². The van der Waals surface area contributed by atoms with Crippen molar-refractivity contribution in [3.05, 3.63) is 59.3 Å². The van der Waals surface area contributed by atoms with Crippen LogP contribution in [-0.4, -0.2) is 5.91 Å². The molecule has 0 spiro atoms. The summed E-state index contributed by atoms with van der Waals surface area (Å²) in [6.45, 7) is 2.27. The van der Waals surface area contributed by atoms with Gasteiger partial charge in [-0.1, -0.05) is 6.07 Å². The van der Waals surface area contributed by atoms with Crippen molar-refractivity contribution in [2.24, 2.45) is 5.73 Å². The third-order valence-corrected chi connectivity index (χ3v) is 2.91. The maximum Gasteiger partial charge on any atom is 0.248 e. The monoisotopic (exact) mass is 262 g/mol. The number of primary amides is 1. The van der Waals surface area contributed by atoms with Crippen LogP contribution in [0.1, 0.15) is 34.6 Å². The Balaban J connectivity index is 2.02. The number of nitrogens with one attached hydrogen (secondary N) is 1. The fraction of sp³-hybridized carbons (Fsp3) is 0.214. The molecule has 1 aromatic carbocycles. The number of benzene rings is 1. The molecule has 0 unspecified atom stereocenters. The number of nitrogens with two attached hydrogens (primary N) is 1. The van der Waals surface area contributed by atoms with Gasteiger partial charge in [0, 0.05) is 17.7 Å². The summed E-state index contributed by atoms with van der Waals surface area (Å²) in [6, 6.07) is 7.85. The molecule has 2 aromatic rings. The average Bonchev–Trinajstić information content (AvgIpc) is 2.90. The summed E-state index contributed by atoms with van der Waals surface area (Å²) < 4.78 is 19.0. The Kier molecular flexibility index (Phi) is 3.97. The van der Waals surface area contributed by atoms with E-state index in [9.17, 15) is 9.18 Å². The lowest BCUT2D eigenvalue weighted by Crippen LogP contribution is -2.19. The largest absolute Gasteiger partial charge is 0.468 e. The second-order valence-corrected chi connectivity index (χ2v) is 4.29. The Morgan fingerprint density at radius 2 is 2.26 bits per heavy atom. The van der Waals surface area contributed by atoms with E-state index in [0.717, 1.165) is 11.8 Å². The van der Waals surface area contributed by atoms with E-state index in [1.807, 2.05) is 13.0 Å². The molecule has 1 atom stereocenters. The standard InChI is InChI=1S/C14H15FN2O2/c1-9(13-3-2-6-19-13)17-8-11-5-4-10(14(16)18)7-12(11)15/h2-7,9,17H,8H2,1H3,(H2,16,18)/t9-/m0/s1. The van der Waals surface area contributed by atoms with Crippen LogP contribution in [-0.2, 0) is 6.54 Å². The molecule has 0 aliphatic heterocycles. The number of furan rings is 1. The molecule has 0 saturated carbocycles. The summed E-state index contributed by atoms with van der Waals surface area (Å²) in [5, 5.41) is 3.14. The van der Waals surface area contributed by atoms with Crippen LogP contribution >= 0.6 is 0 Å². The Hall–Kier alpha value is -2.14. The molecule has 2 rings (SSSR count). The summed E-state index contributed by atoms with van der Waals surface area (Å²) in [6.07, 6.45) is 1.59. The number of carbonyl (C=O) groups is 1. The Bertz CT molecular complexity index is 567. The second kappa shape index (κ2) is 5.67. The molecule has 5 heteroatoms. The lowest BCUT2D eigenvalue weighted by Gasteiger charge is -2.12. The number of halogens is 1. The lowest BCUT2D eigenvalue weighted by atomic mass is 10.1. The van der Waals surface area contributed by atoms with E-state index >= 15 is 0 Å². The maximum atomic E-state index is 13.7. The van der Waals surface area contributed by atoms with E-state index in [1.54, 1.807) is 18.4 Å². The smallest absolute Gasteiger partial charge is 0.248 e. The van der Waals surface area contributed by atoms with Crippen LogP contribution in [0.15, 0.2) is 41.0 Å². The highest BCUT2D eigenvalue weighted by Crippen LogP contribution is 2.15. The van der Waals surface area contributed by atoms with Gasteiger partial charge in [-0.15, -0.1) is 0 Å². The Morgan fingerprint density at radius 3 is 2.84 bits per heavy atom. The molecule has 0 radical (unpaired) electrons. The van der Waals surface area contributed by atoms with Crippen LogP contribution < -0.4 is 11.1 Å². The van der Waals surface area contributed by atoms with Gasteiger partial charge >= 0.3 is 0 Å². The van der Waals surface area contributed by atoms with Crippen LogP contribution in [0.4, 0.5) is 4.39 Å². The molecule has 4 nitrogen and oxygen atoms in total. The van der Waals surface area contributed by atoms with Gasteiger partial charge in [0.1, 0.15) is 11.6 Å². The molecule has 0 aliphatic rings. The van der Waals surface area contributed by atoms with Gasteiger partial charge in [-0.2, -0.15) is 0 Å². The highest BCUT2D eigenvalue weighted by Gasteiger charge is 2.10. The number of rotatable bonds is 5. The first kappa shape index (κ1) is 13.3. The molecule has 0 saturated heterocycles. The zero-order valence-electron chi connectivity index (χ0n) is 10.5. The first-order valence-electron chi connectivity index (χ1n) is 5.93. The van der Waals surface area contributed by atoms with Gasteiger partial charge in [-0.3, -0.25) is 4.79 Å². The van der Waals surface area contributed by atoms with Crippen LogP contribution in [0, 0.1) is 5.82 Å². The highest BCUT2D eigenvalue weighted by atomic mass is 19.1. The number of carbonyl (C=O) groups excluding carboxylic acids is 1. The predicted molar refractivity (Wildman–Crippen MR) is 68.9 cm³/mol. The molecular formula is C14H15FN2O2. The average molecular weight is 262 g/mol. The Morgan fingerprint density at radius 1 is 1.47 bits per heavy atom. The van der Waals surface area contributed by atoms with Crippen molar-refractivity contribution >= 4 is 5.91 Å². The maximum absolute atomic E-state index is 13.7. The molecule has 19 heavy (non-hydrogen) atoms. The second-order valence-electron chi connectivity index (χ2n) is 4.29. The molecular weight excluding hydrogens is 247 g/mol. The van der Waals surface area contributed by atoms with Gasteiger partial charge in [0.05, 0.1) is 12.3 Å². The van der Waals surface area contributed by atoms with E-state index in [-0.39, 0.29) is 11.6 Å². The van der Waals surface area contributed by atoms with E-state index in [1.165, 1.54) is 6.07 Å². The number of hydrogen-bond acceptors (Lipinski definition) is 3. The van der Waals surface area contributed by atoms with Crippen molar-refractivity contribution in [2.75, 3.05) is 0 Å². The topological polar surface area (TPSA) is 68.3 Å². The van der Waals surface area contributed by atoms with Crippen molar-refractivity contribution in [3.63, 3.8) is 0 Å². The first-order valence-corrected chi connectivity index (χ1v) is 5.93. The molecule has 0 fully saturated rings. The van der Waals surface area contributed by atoms with E-state index in [2.05, 4.69) is 5.32 Å². The molecule has 3 N–H and O–H groups in total. The molecule has 1 heterocycles. The van der Waals surface area contributed by atoms with Gasteiger partial charge in [-0.05, 0) is 31.2 Å². The van der Waals surface area contributed by atoms with Crippen LogP contribution in [0.3, 0.4) is 0 Å². The van der Waals surface area contributed by atoms with Crippen molar-refractivity contribution < 1.29 is 13.6 Å². The zero-order chi connectivity index (χ0) is 13.8. The molecule has 100 valence electrons. The quantitative estimate of drug-likeness (QED) is 0.869. The summed E-state index contributed by atoms with van der Waals surface area (Å²) in [4.78, 5) is 10.9. The van der Waals surface area contributed by atoms with Gasteiger partial charge in [-0.25, -0.2) is 4.39 Å². The van der Waals surface area contributed by atoms with Crippen LogP contribution in [0.25, 0.3) is 0 Å². The molecule has 1 aromatic heterocycles. The molecule has 0 aliphatic carbocycles. The fourth-order valence-corrected chi connectivity index (χ4v) is 1.75. The normalized spacial score (nSPS) is 12.3. The van der Waals surface area contributed by atoms with Crippen molar-refractivity contribution in [1.29, 1.82) is 0 Å². The van der Waals surface area contributed by atoms with Crippen LogP contribution in [0.5, 0.6) is 0 Å². The molecule has 1 amide bonds. The summed E-state index contributed by atoms with van der Waals surface area (Å²) >= 11 is 0. The first-order chi connectivity index (χ1) is 9.08. The molecule has 0 bridgehead atoms. The zero-order valence-corrected chi connectivity index (χ0v) is 10.5. The van der Waals surface area contributed by atoms with Gasteiger partial charge in [0.15, 0.2) is 0 Å². The van der Waals surface area contributed by atoms with Crippen molar-refractivity contribution in [1.82, 2.24) is 5.32 Å². The number of hydrogen-bond donors (Lipinski definition) is 2. The number of amides is 1. The minimum Gasteiger partial charge on any atom is -0.468 e. The minimum absolute atomic E-state index is 0.0229. The van der Waals surface area contributed by atoms with Crippen molar-refractivity contribution in [3.8, 4) is 0 Å². The van der Waals surface area contributed by atoms with Gasteiger partial charge in [0.2, 0.25) is 5.91 Å². The summed E-state index contributed by atoms with van der Waals surface area (Å²) in [5.41, 5.74) is 5.73. The minimum atomic E-state index is -0.637. The fourth-order valence-electron chi connectivity index (χ4n) is 1.75. The van der Waals surface area contributed by atoms with E-state index in [4.69, 9.17) is 10.2 Å².